The van der Waals surface area contributed by atoms with Crippen LogP contribution in [0.2, 0.25) is 5.02 Å². The quantitative estimate of drug-likeness (QED) is 0.606. The molecule has 0 atom stereocenters. The summed E-state index contributed by atoms with van der Waals surface area (Å²) in [7, 11) is 0. The molecule has 5 nitrogen and oxygen atoms in total. The van der Waals surface area contributed by atoms with E-state index >= 15 is 0 Å². The Morgan fingerprint density at radius 1 is 1.14 bits per heavy atom. The smallest absolute Gasteiger partial charge is 0.328 e. The Labute approximate surface area is 172 Å². The van der Waals surface area contributed by atoms with Gasteiger partial charge in [-0.3, -0.25) is 4.79 Å². The van der Waals surface area contributed by atoms with Gasteiger partial charge < -0.3 is 15.2 Å². The number of ether oxygens (including phenoxy) is 1. The van der Waals surface area contributed by atoms with Crippen molar-refractivity contribution in [3.63, 3.8) is 0 Å². The van der Waals surface area contributed by atoms with E-state index < -0.39 is 23.2 Å². The van der Waals surface area contributed by atoms with Gasteiger partial charge in [-0.15, -0.1) is 0 Å². The number of fused-ring (bicyclic) bond motifs is 1. The minimum absolute atomic E-state index is 0.00466. The molecule has 29 heavy (non-hydrogen) atoms. The predicted octanol–water partition coefficient (Wildman–Crippen LogP) is 4.80. The highest BCUT2D eigenvalue weighted by Crippen LogP contribution is 2.31. The first-order chi connectivity index (χ1) is 13.7. The Balaban J connectivity index is 1.98. The molecule has 0 radical (unpaired) electrons. The number of carbonyl (C=O) groups is 2. The van der Waals surface area contributed by atoms with Crippen LogP contribution < -0.4 is 10.1 Å². The van der Waals surface area contributed by atoms with Crippen LogP contribution in [0.4, 0.5) is 4.39 Å². The molecule has 0 spiro atoms. The van der Waals surface area contributed by atoms with Gasteiger partial charge in [0.1, 0.15) is 23.7 Å². The molecule has 2 N–H and O–H groups in total. The van der Waals surface area contributed by atoms with Gasteiger partial charge in [-0.2, -0.15) is 0 Å². The number of carboxylic acid groups (broad SMARTS) is 1. The van der Waals surface area contributed by atoms with Crippen LogP contribution in [0.3, 0.4) is 0 Å². The maximum Gasteiger partial charge on any atom is 0.328 e. The van der Waals surface area contributed by atoms with Crippen molar-refractivity contribution in [3.05, 3.63) is 76.6 Å². The number of rotatable bonds is 6. The van der Waals surface area contributed by atoms with Crippen molar-refractivity contribution < 1.29 is 23.8 Å². The monoisotopic (exact) mass is 415 g/mol. The summed E-state index contributed by atoms with van der Waals surface area (Å²) in [5, 5.41) is 13.3. The summed E-state index contributed by atoms with van der Waals surface area (Å²) in [5.74, 6) is -2.02. The zero-order valence-electron chi connectivity index (χ0n) is 15.8. The zero-order valence-corrected chi connectivity index (χ0v) is 16.6. The van der Waals surface area contributed by atoms with E-state index in [0.717, 1.165) is 5.39 Å². The molecule has 3 aromatic rings. The molecule has 0 unspecified atom stereocenters. The summed E-state index contributed by atoms with van der Waals surface area (Å²) in [5.41, 5.74) is -0.733. The summed E-state index contributed by atoms with van der Waals surface area (Å²) in [4.78, 5) is 24.2. The molecule has 0 fully saturated rings. The number of nitrogens with one attached hydrogen (secondary N) is 1. The normalized spacial score (nSPS) is 11.3. The number of benzene rings is 3. The largest absolute Gasteiger partial charge is 0.487 e. The third-order valence-corrected chi connectivity index (χ3v) is 4.76. The van der Waals surface area contributed by atoms with Crippen LogP contribution >= 0.6 is 11.6 Å². The molecular weight excluding hydrogens is 397 g/mol. The van der Waals surface area contributed by atoms with E-state index in [-0.39, 0.29) is 22.9 Å². The standard InChI is InChI=1S/C22H19ClFNO4/c1-22(2,21(27)28)25-20(26)16-9-8-14-5-3-4-6-15(14)19(16)29-12-13-7-10-17(23)18(24)11-13/h3-11H,12H2,1-2H3,(H,25,26)(H,27,28). The molecule has 0 aliphatic rings. The second-order valence-corrected chi connectivity index (χ2v) is 7.49. The first-order valence-corrected chi connectivity index (χ1v) is 9.21. The SMILES string of the molecule is CC(C)(NC(=O)c1ccc2ccccc2c1OCc1ccc(Cl)c(F)c1)C(=O)O. The fraction of sp³-hybridized carbons (Fsp3) is 0.182. The average molecular weight is 416 g/mol. The highest BCUT2D eigenvalue weighted by atomic mass is 35.5. The Hall–Kier alpha value is -3.12. The fourth-order valence-electron chi connectivity index (χ4n) is 2.77. The van der Waals surface area contributed by atoms with Gasteiger partial charge in [-0.25, -0.2) is 9.18 Å². The van der Waals surface area contributed by atoms with E-state index in [1.54, 1.807) is 30.3 Å². The highest BCUT2D eigenvalue weighted by Gasteiger charge is 2.30. The molecule has 150 valence electrons. The lowest BCUT2D eigenvalue weighted by molar-refractivity contribution is -0.143. The number of aliphatic carboxylic acids is 1. The van der Waals surface area contributed by atoms with Crippen LogP contribution in [-0.4, -0.2) is 22.5 Å². The molecule has 0 bridgehead atoms. The van der Waals surface area contributed by atoms with Crippen molar-refractivity contribution in [3.8, 4) is 5.75 Å². The molecule has 0 aromatic heterocycles. The molecule has 0 aliphatic heterocycles. The van der Waals surface area contributed by atoms with Crippen LogP contribution in [0.1, 0.15) is 29.8 Å². The van der Waals surface area contributed by atoms with E-state index in [9.17, 15) is 19.1 Å². The molecule has 0 heterocycles. The van der Waals surface area contributed by atoms with E-state index in [4.69, 9.17) is 16.3 Å². The van der Waals surface area contributed by atoms with Crippen molar-refractivity contribution in [2.75, 3.05) is 0 Å². The first-order valence-electron chi connectivity index (χ1n) is 8.83. The number of carbonyl (C=O) groups excluding carboxylic acids is 1. The fourth-order valence-corrected chi connectivity index (χ4v) is 2.88. The topological polar surface area (TPSA) is 75.6 Å². The van der Waals surface area contributed by atoms with Gasteiger partial charge in [-0.05, 0) is 43.0 Å². The van der Waals surface area contributed by atoms with Crippen LogP contribution in [0.5, 0.6) is 5.75 Å². The van der Waals surface area contributed by atoms with E-state index in [2.05, 4.69) is 5.32 Å². The maximum atomic E-state index is 13.7. The molecule has 1 amide bonds. The van der Waals surface area contributed by atoms with Crippen LogP contribution in [0, 0.1) is 5.82 Å². The van der Waals surface area contributed by atoms with Crippen molar-refractivity contribution in [1.29, 1.82) is 0 Å². The number of halogens is 2. The second kappa shape index (κ2) is 8.09. The molecule has 0 saturated heterocycles. The molecule has 0 saturated carbocycles. The van der Waals surface area contributed by atoms with Gasteiger partial charge in [0.25, 0.3) is 5.91 Å². The van der Waals surface area contributed by atoms with Gasteiger partial charge >= 0.3 is 5.97 Å². The Morgan fingerprint density at radius 3 is 2.55 bits per heavy atom. The Kier molecular flexibility index (Phi) is 5.75. The van der Waals surface area contributed by atoms with Gasteiger partial charge in [-0.1, -0.05) is 48.0 Å². The lowest BCUT2D eigenvalue weighted by Gasteiger charge is -2.22. The van der Waals surface area contributed by atoms with E-state index in [1.807, 2.05) is 12.1 Å². The van der Waals surface area contributed by atoms with Crippen molar-refractivity contribution in [1.82, 2.24) is 5.32 Å². The lowest BCUT2D eigenvalue weighted by atomic mass is 10.0. The van der Waals surface area contributed by atoms with Crippen molar-refractivity contribution in [2.24, 2.45) is 0 Å². The highest BCUT2D eigenvalue weighted by molar-refractivity contribution is 6.30. The number of hydrogen-bond acceptors (Lipinski definition) is 3. The summed E-state index contributed by atoms with van der Waals surface area (Å²) < 4.78 is 19.6. The van der Waals surface area contributed by atoms with Crippen LogP contribution in [0.15, 0.2) is 54.6 Å². The number of carboxylic acids is 1. The average Bonchev–Trinajstić information content (AvgIpc) is 2.68. The molecule has 3 rings (SSSR count). The van der Waals surface area contributed by atoms with Gasteiger partial charge in [0.15, 0.2) is 0 Å². The second-order valence-electron chi connectivity index (χ2n) is 7.08. The number of hydrogen-bond donors (Lipinski definition) is 2. The minimum Gasteiger partial charge on any atom is -0.487 e. The minimum atomic E-state index is -1.46. The Bertz CT molecular complexity index is 1100. The lowest BCUT2D eigenvalue weighted by Crippen LogP contribution is -2.49. The molecule has 0 aliphatic carbocycles. The predicted molar refractivity (Wildman–Crippen MR) is 109 cm³/mol. The Morgan fingerprint density at radius 2 is 1.86 bits per heavy atom. The summed E-state index contributed by atoms with van der Waals surface area (Å²) in [6, 6.07) is 15.0. The van der Waals surface area contributed by atoms with Crippen LogP contribution in [-0.2, 0) is 11.4 Å². The summed E-state index contributed by atoms with van der Waals surface area (Å²) in [6.45, 7) is 2.79. The van der Waals surface area contributed by atoms with E-state index in [1.165, 1.54) is 26.0 Å². The van der Waals surface area contributed by atoms with Crippen LogP contribution in [0.25, 0.3) is 10.8 Å². The summed E-state index contributed by atoms with van der Waals surface area (Å²) >= 11 is 5.71. The summed E-state index contributed by atoms with van der Waals surface area (Å²) in [6.07, 6.45) is 0. The zero-order chi connectivity index (χ0) is 21.2. The van der Waals surface area contributed by atoms with Gasteiger partial charge in [0, 0.05) is 5.39 Å². The first kappa shape index (κ1) is 20.6. The van der Waals surface area contributed by atoms with E-state index in [0.29, 0.717) is 10.9 Å². The molecule has 3 aromatic carbocycles. The van der Waals surface area contributed by atoms with Gasteiger partial charge in [0.05, 0.1) is 10.6 Å². The van der Waals surface area contributed by atoms with Crippen molar-refractivity contribution >= 4 is 34.2 Å². The third-order valence-electron chi connectivity index (χ3n) is 4.45. The molecular formula is C22H19ClFNO4. The number of amides is 1. The maximum absolute atomic E-state index is 13.7. The molecule has 7 heteroatoms. The van der Waals surface area contributed by atoms with Gasteiger partial charge in [0.2, 0.25) is 0 Å². The van der Waals surface area contributed by atoms with Crippen molar-refractivity contribution in [2.45, 2.75) is 26.0 Å². The third kappa shape index (κ3) is 4.49.